The molecule has 1 aliphatic rings. The zero-order valence-corrected chi connectivity index (χ0v) is 16.1. The first-order valence-electron chi connectivity index (χ1n) is 9.99. The second kappa shape index (κ2) is 7.72. The average molecular weight is 387 g/mol. The van der Waals surface area contributed by atoms with Gasteiger partial charge in [0.25, 0.3) is 0 Å². The van der Waals surface area contributed by atoms with Crippen LogP contribution >= 0.6 is 0 Å². The van der Waals surface area contributed by atoms with Gasteiger partial charge in [-0.1, -0.05) is 18.2 Å². The molecule has 3 aromatic heterocycles. The number of halogens is 1. The summed E-state index contributed by atoms with van der Waals surface area (Å²) in [6.45, 7) is 2.86. The molecule has 1 aliphatic heterocycles. The van der Waals surface area contributed by atoms with Crippen molar-refractivity contribution >= 4 is 5.65 Å². The van der Waals surface area contributed by atoms with Crippen LogP contribution in [-0.2, 0) is 6.54 Å². The number of hydrogen-bond acceptors (Lipinski definition) is 4. The van der Waals surface area contributed by atoms with Gasteiger partial charge in [0.05, 0.1) is 5.69 Å². The van der Waals surface area contributed by atoms with Crippen molar-refractivity contribution in [1.29, 1.82) is 0 Å². The lowest BCUT2D eigenvalue weighted by Gasteiger charge is -2.31. The van der Waals surface area contributed by atoms with Gasteiger partial charge < -0.3 is 0 Å². The van der Waals surface area contributed by atoms with Gasteiger partial charge in [0.2, 0.25) is 0 Å². The summed E-state index contributed by atoms with van der Waals surface area (Å²) in [7, 11) is 0. The zero-order chi connectivity index (χ0) is 19.6. The fourth-order valence-electron chi connectivity index (χ4n) is 4.04. The van der Waals surface area contributed by atoms with Crippen LogP contribution in [0.25, 0.3) is 16.8 Å². The number of aromatic nitrogens is 4. The van der Waals surface area contributed by atoms with E-state index in [1.54, 1.807) is 6.07 Å². The molecule has 29 heavy (non-hydrogen) atoms. The molecule has 0 unspecified atom stereocenters. The van der Waals surface area contributed by atoms with Crippen molar-refractivity contribution < 1.29 is 4.39 Å². The third kappa shape index (κ3) is 3.89. The fraction of sp³-hybridized carbons (Fsp3) is 0.261. The van der Waals surface area contributed by atoms with E-state index in [-0.39, 0.29) is 5.82 Å². The number of piperidine rings is 1. The average Bonchev–Trinajstić information content (AvgIpc) is 3.18. The molecular weight excluding hydrogens is 365 g/mol. The Balaban J connectivity index is 1.37. The van der Waals surface area contributed by atoms with Gasteiger partial charge >= 0.3 is 0 Å². The maximum absolute atomic E-state index is 13.6. The fourth-order valence-corrected chi connectivity index (χ4v) is 4.04. The Labute approximate surface area is 168 Å². The molecule has 0 aliphatic carbocycles. The minimum absolute atomic E-state index is 0.239. The quantitative estimate of drug-likeness (QED) is 0.524. The summed E-state index contributed by atoms with van der Waals surface area (Å²) in [5.41, 5.74) is 3.68. The van der Waals surface area contributed by atoms with Gasteiger partial charge in [0, 0.05) is 37.0 Å². The van der Waals surface area contributed by atoms with E-state index in [1.165, 1.54) is 12.1 Å². The molecule has 1 saturated heterocycles. The molecule has 0 spiro atoms. The summed E-state index contributed by atoms with van der Waals surface area (Å²) < 4.78 is 15.4. The van der Waals surface area contributed by atoms with E-state index >= 15 is 0 Å². The van der Waals surface area contributed by atoms with Crippen LogP contribution in [0.1, 0.15) is 30.3 Å². The third-order valence-electron chi connectivity index (χ3n) is 5.49. The monoisotopic (exact) mass is 387 g/mol. The number of fused-ring (bicyclic) bond motifs is 1. The maximum atomic E-state index is 13.6. The van der Waals surface area contributed by atoms with Crippen molar-refractivity contribution in [3.63, 3.8) is 0 Å². The van der Waals surface area contributed by atoms with Crippen LogP contribution in [0.4, 0.5) is 4.39 Å². The summed E-state index contributed by atoms with van der Waals surface area (Å²) in [6.07, 6.45) is 5.99. The highest BCUT2D eigenvalue weighted by molar-refractivity contribution is 5.64. The second-order valence-electron chi connectivity index (χ2n) is 7.60. The first-order valence-corrected chi connectivity index (χ1v) is 9.99. The largest absolute Gasteiger partial charge is 0.297 e. The van der Waals surface area contributed by atoms with E-state index < -0.39 is 0 Å². The van der Waals surface area contributed by atoms with Crippen molar-refractivity contribution in [2.45, 2.75) is 25.3 Å². The molecule has 0 radical (unpaired) electrons. The molecule has 1 atom stereocenters. The molecule has 1 fully saturated rings. The van der Waals surface area contributed by atoms with E-state index in [9.17, 15) is 4.39 Å². The summed E-state index contributed by atoms with van der Waals surface area (Å²) in [6, 6.07) is 16.6. The molecule has 6 heteroatoms. The van der Waals surface area contributed by atoms with Crippen LogP contribution in [-0.4, -0.2) is 37.6 Å². The lowest BCUT2D eigenvalue weighted by Crippen LogP contribution is -2.34. The first-order chi connectivity index (χ1) is 14.2. The van der Waals surface area contributed by atoms with Gasteiger partial charge in [-0.2, -0.15) is 5.10 Å². The Kier molecular flexibility index (Phi) is 4.77. The molecule has 5 rings (SSSR count). The van der Waals surface area contributed by atoms with Crippen LogP contribution in [0.3, 0.4) is 0 Å². The molecule has 4 aromatic rings. The van der Waals surface area contributed by atoms with Gasteiger partial charge in [0.15, 0.2) is 11.5 Å². The molecule has 146 valence electrons. The number of rotatable bonds is 4. The number of hydrogen-bond donors (Lipinski definition) is 0. The van der Waals surface area contributed by atoms with E-state index in [4.69, 9.17) is 10.1 Å². The van der Waals surface area contributed by atoms with Crippen LogP contribution in [0.5, 0.6) is 0 Å². The highest BCUT2D eigenvalue weighted by Gasteiger charge is 2.25. The van der Waals surface area contributed by atoms with Gasteiger partial charge in [-0.15, -0.1) is 0 Å². The standard InChI is InChI=1S/C23H22FN5/c24-20-7-3-5-17(13-20)18-9-10-22-26-23(27-29(22)15-18)19-6-4-12-28(14-19)16-21-8-1-2-11-25-21/h1-3,5,7-11,13,15,19H,4,6,12,14,16H2/t19-/m1/s1. The highest BCUT2D eigenvalue weighted by atomic mass is 19.1. The van der Waals surface area contributed by atoms with Crippen LogP contribution in [0.2, 0.25) is 0 Å². The minimum atomic E-state index is -0.239. The van der Waals surface area contributed by atoms with Gasteiger partial charge in [0.1, 0.15) is 5.82 Å². The van der Waals surface area contributed by atoms with Crippen molar-refractivity contribution in [2.75, 3.05) is 13.1 Å². The van der Waals surface area contributed by atoms with Crippen LogP contribution in [0, 0.1) is 5.82 Å². The minimum Gasteiger partial charge on any atom is -0.297 e. The number of likely N-dealkylation sites (tertiary alicyclic amines) is 1. The molecule has 5 nitrogen and oxygen atoms in total. The maximum Gasteiger partial charge on any atom is 0.156 e. The predicted molar refractivity (Wildman–Crippen MR) is 110 cm³/mol. The molecule has 0 saturated carbocycles. The number of nitrogens with zero attached hydrogens (tertiary/aromatic N) is 5. The second-order valence-corrected chi connectivity index (χ2v) is 7.60. The van der Waals surface area contributed by atoms with Gasteiger partial charge in [-0.3, -0.25) is 9.88 Å². The summed E-state index contributed by atoms with van der Waals surface area (Å²) in [5, 5.41) is 4.76. The Bertz CT molecular complexity index is 1120. The summed E-state index contributed by atoms with van der Waals surface area (Å²) in [5.74, 6) is 0.953. The molecule has 0 N–H and O–H groups in total. The molecule has 4 heterocycles. The van der Waals surface area contributed by atoms with E-state index in [0.29, 0.717) is 5.92 Å². The van der Waals surface area contributed by atoms with E-state index in [0.717, 1.165) is 60.8 Å². The Hall–Kier alpha value is -3.12. The first kappa shape index (κ1) is 17.9. The lowest BCUT2D eigenvalue weighted by molar-refractivity contribution is 0.194. The van der Waals surface area contributed by atoms with Crippen molar-refractivity contribution in [3.05, 3.63) is 84.3 Å². The van der Waals surface area contributed by atoms with Crippen LogP contribution in [0.15, 0.2) is 67.0 Å². The van der Waals surface area contributed by atoms with Crippen LogP contribution < -0.4 is 0 Å². The van der Waals surface area contributed by atoms with E-state index in [2.05, 4.69) is 16.0 Å². The molecule has 0 amide bonds. The smallest absolute Gasteiger partial charge is 0.156 e. The Morgan fingerprint density at radius 2 is 2.00 bits per heavy atom. The predicted octanol–water partition coefficient (Wildman–Crippen LogP) is 4.31. The SMILES string of the molecule is Fc1cccc(-c2ccc3nc([C@@H]4CCCN(Cc5ccccn5)C4)nn3c2)c1. The topological polar surface area (TPSA) is 46.3 Å². The van der Waals surface area contributed by atoms with E-state index in [1.807, 2.05) is 47.2 Å². The normalized spacial score (nSPS) is 17.6. The Morgan fingerprint density at radius 1 is 1.03 bits per heavy atom. The third-order valence-corrected chi connectivity index (χ3v) is 5.49. The Morgan fingerprint density at radius 3 is 2.86 bits per heavy atom. The molecular formula is C23H22FN5. The van der Waals surface area contributed by atoms with Gasteiger partial charge in [-0.05, 0) is 61.3 Å². The molecule has 1 aromatic carbocycles. The lowest BCUT2D eigenvalue weighted by atomic mass is 9.97. The van der Waals surface area contributed by atoms with Gasteiger partial charge in [-0.25, -0.2) is 13.9 Å². The number of pyridine rings is 2. The van der Waals surface area contributed by atoms with Crippen molar-refractivity contribution in [3.8, 4) is 11.1 Å². The van der Waals surface area contributed by atoms with Crippen molar-refractivity contribution in [2.24, 2.45) is 0 Å². The molecule has 0 bridgehead atoms. The van der Waals surface area contributed by atoms with Crippen molar-refractivity contribution in [1.82, 2.24) is 24.5 Å². The zero-order valence-electron chi connectivity index (χ0n) is 16.1. The summed E-state index contributed by atoms with van der Waals surface area (Å²) in [4.78, 5) is 11.6. The summed E-state index contributed by atoms with van der Waals surface area (Å²) >= 11 is 0. The highest BCUT2D eigenvalue weighted by Crippen LogP contribution is 2.27. The number of benzene rings is 1.